The number of benzene rings is 1. The van der Waals surface area contributed by atoms with Crippen LogP contribution in [-0.4, -0.2) is 15.4 Å². The number of rotatable bonds is 2. The number of hydrogen-bond acceptors (Lipinski definition) is 5. The Kier molecular flexibility index (Phi) is 3.11. The number of nitrogens with two attached hydrogens (primary N) is 1. The quantitative estimate of drug-likeness (QED) is 0.751. The number of nitrogens with zero attached hydrogens (tertiary/aromatic N) is 2. The van der Waals surface area contributed by atoms with Gasteiger partial charge in [0, 0.05) is 16.1 Å². The van der Waals surface area contributed by atoms with Gasteiger partial charge in [-0.25, -0.2) is 5.10 Å². The molecule has 0 aliphatic heterocycles. The monoisotopic (exact) mass is 332 g/mol. The summed E-state index contributed by atoms with van der Waals surface area (Å²) in [6.07, 6.45) is 0. The topological polar surface area (TPSA) is 97.8 Å². The Labute approximate surface area is 121 Å². The lowest BCUT2D eigenvalue weighted by Crippen LogP contribution is -2.06. The highest BCUT2D eigenvalue weighted by atomic mass is 79.9. The third kappa shape index (κ3) is 2.12. The van der Waals surface area contributed by atoms with Crippen LogP contribution in [0.1, 0.15) is 0 Å². The molecule has 0 aliphatic carbocycles. The zero-order chi connectivity index (χ0) is 14.1. The van der Waals surface area contributed by atoms with E-state index in [-0.39, 0.29) is 11.4 Å². The van der Waals surface area contributed by atoms with E-state index in [9.17, 15) is 4.79 Å². The number of anilines is 1. The van der Waals surface area contributed by atoms with Gasteiger partial charge in [-0.3, -0.25) is 4.79 Å². The lowest BCUT2D eigenvalue weighted by atomic mass is 10.0. The van der Waals surface area contributed by atoms with Crippen LogP contribution in [0.4, 0.5) is 5.88 Å². The van der Waals surface area contributed by atoms with Crippen molar-refractivity contribution >= 4 is 21.8 Å². The van der Waals surface area contributed by atoms with E-state index in [0.29, 0.717) is 17.0 Å². The van der Waals surface area contributed by atoms with Gasteiger partial charge in [-0.1, -0.05) is 39.3 Å². The van der Waals surface area contributed by atoms with Crippen LogP contribution in [-0.2, 0) is 0 Å². The third-order valence-corrected chi connectivity index (χ3v) is 3.47. The fraction of sp³-hybridized carbons (Fsp3) is 0. The summed E-state index contributed by atoms with van der Waals surface area (Å²) in [5.74, 6) is 0.194. The summed E-state index contributed by atoms with van der Waals surface area (Å²) >= 11 is 3.47. The molecule has 20 heavy (non-hydrogen) atoms. The number of aromatic amines is 1. The normalized spacial score (nSPS) is 10.7. The van der Waals surface area contributed by atoms with Crippen LogP contribution in [0.5, 0.6) is 0 Å². The first-order valence-corrected chi connectivity index (χ1v) is 6.52. The molecule has 0 amide bonds. The van der Waals surface area contributed by atoms with Gasteiger partial charge < -0.3 is 10.3 Å². The van der Waals surface area contributed by atoms with Crippen LogP contribution < -0.4 is 11.3 Å². The van der Waals surface area contributed by atoms with Gasteiger partial charge in [0.25, 0.3) is 5.56 Å². The standard InChI is InChI=1S/C13H9BrN4O2/c14-8-4-2-1-3-7(8)11-12(18-20-13(11)15)9-5-6-10(19)17-16-9/h1-6H,15H2,(H,17,19). The molecule has 3 rings (SSSR count). The molecule has 0 saturated carbocycles. The lowest BCUT2D eigenvalue weighted by molar-refractivity contribution is 0.439. The van der Waals surface area contributed by atoms with Gasteiger partial charge in [-0.2, -0.15) is 5.10 Å². The Bertz CT molecular complexity index is 805. The molecule has 0 aliphatic rings. The summed E-state index contributed by atoms with van der Waals surface area (Å²) in [4.78, 5) is 11.1. The minimum absolute atomic E-state index is 0.194. The molecule has 0 atom stereocenters. The average Bonchev–Trinajstić information content (AvgIpc) is 2.82. The largest absolute Gasteiger partial charge is 0.367 e. The summed E-state index contributed by atoms with van der Waals surface area (Å²) in [5, 5.41) is 10.2. The predicted octanol–water partition coefficient (Wildman–Crippen LogP) is 2.44. The Hall–Kier alpha value is -2.41. The van der Waals surface area contributed by atoms with Crippen molar-refractivity contribution in [1.82, 2.24) is 15.4 Å². The number of halogens is 1. The first-order chi connectivity index (χ1) is 9.66. The van der Waals surface area contributed by atoms with Gasteiger partial charge in [0.15, 0.2) is 0 Å². The number of aromatic nitrogens is 3. The molecule has 0 spiro atoms. The van der Waals surface area contributed by atoms with Gasteiger partial charge in [0.05, 0.1) is 5.56 Å². The van der Waals surface area contributed by atoms with E-state index in [1.165, 1.54) is 6.07 Å². The third-order valence-electron chi connectivity index (χ3n) is 2.78. The molecule has 1 aromatic carbocycles. The highest BCUT2D eigenvalue weighted by Crippen LogP contribution is 2.38. The zero-order valence-electron chi connectivity index (χ0n) is 10.1. The van der Waals surface area contributed by atoms with Crippen LogP contribution in [0.3, 0.4) is 0 Å². The predicted molar refractivity (Wildman–Crippen MR) is 77.9 cm³/mol. The minimum atomic E-state index is -0.285. The van der Waals surface area contributed by atoms with Crippen molar-refractivity contribution in [1.29, 1.82) is 0 Å². The van der Waals surface area contributed by atoms with Crippen molar-refractivity contribution in [3.8, 4) is 22.5 Å². The van der Waals surface area contributed by atoms with Gasteiger partial charge in [0.2, 0.25) is 5.88 Å². The SMILES string of the molecule is Nc1onc(-c2ccc(=O)[nH]n2)c1-c1ccccc1Br. The summed E-state index contributed by atoms with van der Waals surface area (Å²) in [7, 11) is 0. The number of nitrogen functional groups attached to an aromatic ring is 1. The number of H-pyrrole nitrogens is 1. The summed E-state index contributed by atoms with van der Waals surface area (Å²) in [6, 6.07) is 10.5. The molecule has 7 heteroatoms. The van der Waals surface area contributed by atoms with Crippen LogP contribution in [0, 0.1) is 0 Å². The second kappa shape index (κ2) is 4.93. The van der Waals surface area contributed by atoms with Crippen LogP contribution in [0.2, 0.25) is 0 Å². The maximum atomic E-state index is 11.1. The first kappa shape index (κ1) is 12.6. The molecule has 0 unspecified atom stereocenters. The molecule has 3 aromatic rings. The molecule has 2 heterocycles. The van der Waals surface area contributed by atoms with Crippen molar-refractivity contribution in [2.45, 2.75) is 0 Å². The van der Waals surface area contributed by atoms with Crippen molar-refractivity contribution in [3.05, 3.63) is 51.2 Å². The van der Waals surface area contributed by atoms with E-state index in [0.717, 1.165) is 10.0 Å². The summed E-state index contributed by atoms with van der Waals surface area (Å²) in [5.41, 5.74) is 8.01. The maximum Gasteiger partial charge on any atom is 0.264 e. The molecule has 0 fully saturated rings. The Morgan fingerprint density at radius 2 is 2.00 bits per heavy atom. The van der Waals surface area contributed by atoms with Gasteiger partial charge >= 0.3 is 0 Å². The van der Waals surface area contributed by atoms with Crippen molar-refractivity contribution in [2.75, 3.05) is 5.73 Å². The fourth-order valence-electron chi connectivity index (χ4n) is 1.88. The van der Waals surface area contributed by atoms with E-state index in [1.807, 2.05) is 24.3 Å². The van der Waals surface area contributed by atoms with Gasteiger partial charge in [0.1, 0.15) is 11.4 Å². The van der Waals surface area contributed by atoms with Crippen molar-refractivity contribution in [2.24, 2.45) is 0 Å². The van der Waals surface area contributed by atoms with Gasteiger partial charge in [-0.15, -0.1) is 0 Å². The average molecular weight is 333 g/mol. The molecular weight excluding hydrogens is 324 g/mol. The van der Waals surface area contributed by atoms with E-state index in [1.54, 1.807) is 6.07 Å². The molecule has 6 nitrogen and oxygen atoms in total. The first-order valence-electron chi connectivity index (χ1n) is 5.73. The van der Waals surface area contributed by atoms with E-state index in [4.69, 9.17) is 10.3 Å². The molecule has 100 valence electrons. The van der Waals surface area contributed by atoms with Crippen LogP contribution in [0.25, 0.3) is 22.5 Å². The van der Waals surface area contributed by atoms with E-state index in [2.05, 4.69) is 31.3 Å². The molecule has 0 radical (unpaired) electrons. The molecule has 0 bridgehead atoms. The molecule has 3 N–H and O–H groups in total. The van der Waals surface area contributed by atoms with E-state index < -0.39 is 0 Å². The second-order valence-corrected chi connectivity index (χ2v) is 4.91. The highest BCUT2D eigenvalue weighted by Gasteiger charge is 2.20. The van der Waals surface area contributed by atoms with E-state index >= 15 is 0 Å². The van der Waals surface area contributed by atoms with Crippen LogP contribution >= 0.6 is 15.9 Å². The number of nitrogens with one attached hydrogen (secondary N) is 1. The molecule has 2 aromatic heterocycles. The Balaban J connectivity index is 2.23. The van der Waals surface area contributed by atoms with Gasteiger partial charge in [-0.05, 0) is 12.1 Å². The Morgan fingerprint density at radius 1 is 1.20 bits per heavy atom. The zero-order valence-corrected chi connectivity index (χ0v) is 11.7. The smallest absolute Gasteiger partial charge is 0.264 e. The molecular formula is C13H9BrN4O2. The highest BCUT2D eigenvalue weighted by molar-refractivity contribution is 9.10. The lowest BCUT2D eigenvalue weighted by Gasteiger charge is -2.04. The maximum absolute atomic E-state index is 11.1. The van der Waals surface area contributed by atoms with Crippen molar-refractivity contribution in [3.63, 3.8) is 0 Å². The summed E-state index contributed by atoms with van der Waals surface area (Å²) in [6.45, 7) is 0. The number of hydrogen-bond donors (Lipinski definition) is 2. The Morgan fingerprint density at radius 3 is 2.70 bits per heavy atom. The summed E-state index contributed by atoms with van der Waals surface area (Å²) < 4.78 is 5.93. The minimum Gasteiger partial charge on any atom is -0.367 e. The fourth-order valence-corrected chi connectivity index (χ4v) is 2.36. The second-order valence-electron chi connectivity index (χ2n) is 4.06. The van der Waals surface area contributed by atoms with Crippen molar-refractivity contribution < 1.29 is 4.52 Å². The van der Waals surface area contributed by atoms with Crippen LogP contribution in [0.15, 0.2) is 50.2 Å². The molecule has 0 saturated heterocycles.